The third-order valence-corrected chi connectivity index (χ3v) is 3.46. The average molecular weight is 316 g/mol. The Balaban J connectivity index is 2.17. The Hall–Kier alpha value is -2.56. The fraction of sp³-hybridized carbons (Fsp3) is 0.278. The minimum atomic E-state index is -0.587. The average Bonchev–Trinajstić information content (AvgIpc) is 2.60. The lowest BCUT2D eigenvalue weighted by Gasteiger charge is -2.20. The largest absolute Gasteiger partial charge is 0.497 e. The van der Waals surface area contributed by atoms with Crippen molar-refractivity contribution in [2.75, 3.05) is 20.3 Å². The van der Waals surface area contributed by atoms with E-state index < -0.39 is 6.67 Å². The summed E-state index contributed by atoms with van der Waals surface area (Å²) in [7, 11) is 1.60. The zero-order chi connectivity index (χ0) is 16.5. The molecule has 2 rings (SSSR count). The zero-order valence-electron chi connectivity index (χ0n) is 13.1. The van der Waals surface area contributed by atoms with Crippen molar-refractivity contribution >= 4 is 6.03 Å². The SMILES string of the molecule is COc1cccc(C(Cc2ccccc2)NC(=O)NCCF)c1. The van der Waals surface area contributed by atoms with Crippen LogP contribution in [0.25, 0.3) is 0 Å². The highest BCUT2D eigenvalue weighted by atomic mass is 19.1. The Morgan fingerprint density at radius 3 is 2.65 bits per heavy atom. The van der Waals surface area contributed by atoms with Crippen LogP contribution in [0.1, 0.15) is 17.2 Å². The predicted octanol–water partition coefficient (Wildman–Crippen LogP) is 3.25. The fourth-order valence-electron chi connectivity index (χ4n) is 2.33. The van der Waals surface area contributed by atoms with Crippen LogP contribution in [-0.2, 0) is 6.42 Å². The third-order valence-electron chi connectivity index (χ3n) is 3.46. The van der Waals surface area contributed by atoms with Crippen molar-refractivity contribution in [1.82, 2.24) is 10.6 Å². The molecule has 0 saturated heterocycles. The van der Waals surface area contributed by atoms with Crippen molar-refractivity contribution < 1.29 is 13.9 Å². The molecule has 0 radical (unpaired) electrons. The number of alkyl halides is 1. The maximum atomic E-state index is 12.2. The molecule has 2 aromatic rings. The molecule has 122 valence electrons. The van der Waals surface area contributed by atoms with Gasteiger partial charge in [-0.3, -0.25) is 0 Å². The van der Waals surface area contributed by atoms with E-state index in [-0.39, 0.29) is 18.6 Å². The van der Waals surface area contributed by atoms with Gasteiger partial charge in [0.15, 0.2) is 0 Å². The second kappa shape index (κ2) is 8.78. The lowest BCUT2D eigenvalue weighted by Crippen LogP contribution is -2.39. The summed E-state index contributed by atoms with van der Waals surface area (Å²) in [5.74, 6) is 0.728. The van der Waals surface area contributed by atoms with Crippen LogP contribution in [-0.4, -0.2) is 26.4 Å². The number of ether oxygens (including phenoxy) is 1. The molecule has 2 amide bonds. The van der Waals surface area contributed by atoms with Crippen LogP contribution in [0.2, 0.25) is 0 Å². The highest BCUT2D eigenvalue weighted by molar-refractivity contribution is 5.74. The Bertz CT molecular complexity index is 619. The minimum absolute atomic E-state index is 0.00199. The summed E-state index contributed by atoms with van der Waals surface area (Å²) in [5, 5.41) is 5.39. The van der Waals surface area contributed by atoms with Crippen molar-refractivity contribution in [3.63, 3.8) is 0 Å². The molecule has 0 aliphatic heterocycles. The molecule has 0 aromatic heterocycles. The molecule has 2 aromatic carbocycles. The Kier molecular flexibility index (Phi) is 6.41. The summed E-state index contributed by atoms with van der Waals surface area (Å²) in [5.41, 5.74) is 2.04. The topological polar surface area (TPSA) is 50.4 Å². The van der Waals surface area contributed by atoms with E-state index in [1.54, 1.807) is 7.11 Å². The molecule has 0 aliphatic rings. The summed E-state index contributed by atoms with van der Waals surface area (Å²) in [4.78, 5) is 11.9. The van der Waals surface area contributed by atoms with Gasteiger partial charge in [0, 0.05) is 6.54 Å². The molecular formula is C18H21FN2O2. The molecule has 0 saturated carbocycles. The van der Waals surface area contributed by atoms with Crippen molar-refractivity contribution in [2.24, 2.45) is 0 Å². The number of carbonyl (C=O) groups excluding carboxylic acids is 1. The third kappa shape index (κ3) is 5.29. The van der Waals surface area contributed by atoms with Gasteiger partial charge >= 0.3 is 6.03 Å². The van der Waals surface area contributed by atoms with Gasteiger partial charge in [-0.25, -0.2) is 9.18 Å². The summed E-state index contributed by atoms with van der Waals surface area (Å²) < 4.78 is 17.4. The highest BCUT2D eigenvalue weighted by Gasteiger charge is 2.16. The van der Waals surface area contributed by atoms with Gasteiger partial charge in [0.1, 0.15) is 12.4 Å². The maximum Gasteiger partial charge on any atom is 0.315 e. The quantitative estimate of drug-likeness (QED) is 0.824. The molecule has 0 aliphatic carbocycles. The van der Waals surface area contributed by atoms with Gasteiger partial charge in [-0.2, -0.15) is 0 Å². The van der Waals surface area contributed by atoms with Crippen molar-refractivity contribution in [3.8, 4) is 5.75 Å². The first kappa shape index (κ1) is 16.8. The summed E-state index contributed by atoms with van der Waals surface area (Å²) in [6.07, 6.45) is 0.636. The van der Waals surface area contributed by atoms with Crippen LogP contribution in [0.5, 0.6) is 5.75 Å². The number of amides is 2. The van der Waals surface area contributed by atoms with Gasteiger partial charge < -0.3 is 15.4 Å². The van der Waals surface area contributed by atoms with Crippen LogP contribution < -0.4 is 15.4 Å². The number of urea groups is 1. The molecule has 4 nitrogen and oxygen atoms in total. The molecule has 1 atom stereocenters. The molecule has 0 heterocycles. The van der Waals surface area contributed by atoms with E-state index >= 15 is 0 Å². The van der Waals surface area contributed by atoms with Crippen LogP contribution in [0.4, 0.5) is 9.18 Å². The first-order valence-electron chi connectivity index (χ1n) is 7.51. The molecule has 23 heavy (non-hydrogen) atoms. The standard InChI is InChI=1S/C18H21FN2O2/c1-23-16-9-5-8-15(13-16)17(21-18(22)20-11-10-19)12-14-6-3-2-4-7-14/h2-9,13,17H,10-12H2,1H3,(H2,20,21,22). The summed E-state index contributed by atoms with van der Waals surface area (Å²) >= 11 is 0. The van der Waals surface area contributed by atoms with E-state index in [0.717, 1.165) is 16.9 Å². The molecule has 0 spiro atoms. The molecule has 5 heteroatoms. The van der Waals surface area contributed by atoms with Gasteiger partial charge in [0.25, 0.3) is 0 Å². The Labute approximate surface area is 135 Å². The van der Waals surface area contributed by atoms with Crippen LogP contribution in [0, 0.1) is 0 Å². The van der Waals surface area contributed by atoms with Gasteiger partial charge in [0.05, 0.1) is 13.2 Å². The highest BCUT2D eigenvalue weighted by Crippen LogP contribution is 2.22. The smallest absolute Gasteiger partial charge is 0.315 e. The fourth-order valence-corrected chi connectivity index (χ4v) is 2.33. The van der Waals surface area contributed by atoms with Gasteiger partial charge in [-0.05, 0) is 29.7 Å². The number of methoxy groups -OCH3 is 1. The second-order valence-electron chi connectivity index (χ2n) is 5.11. The van der Waals surface area contributed by atoms with Crippen LogP contribution in [0.15, 0.2) is 54.6 Å². The first-order chi connectivity index (χ1) is 11.2. The number of carbonyl (C=O) groups is 1. The van der Waals surface area contributed by atoms with Gasteiger partial charge in [-0.15, -0.1) is 0 Å². The second-order valence-corrected chi connectivity index (χ2v) is 5.11. The number of hydrogen-bond donors (Lipinski definition) is 2. The predicted molar refractivity (Wildman–Crippen MR) is 88.4 cm³/mol. The molecule has 1 unspecified atom stereocenters. The number of nitrogens with one attached hydrogen (secondary N) is 2. The first-order valence-corrected chi connectivity index (χ1v) is 7.51. The van der Waals surface area contributed by atoms with Crippen molar-refractivity contribution in [2.45, 2.75) is 12.5 Å². The lowest BCUT2D eigenvalue weighted by atomic mass is 9.99. The van der Waals surface area contributed by atoms with E-state index in [4.69, 9.17) is 4.74 Å². The maximum absolute atomic E-state index is 12.2. The normalized spacial score (nSPS) is 11.6. The summed E-state index contributed by atoms with van der Waals surface area (Å²) in [6.45, 7) is -0.585. The minimum Gasteiger partial charge on any atom is -0.497 e. The van der Waals surface area contributed by atoms with Gasteiger partial charge in [0.2, 0.25) is 0 Å². The van der Waals surface area contributed by atoms with E-state index in [0.29, 0.717) is 6.42 Å². The molecular weight excluding hydrogens is 295 g/mol. The zero-order valence-corrected chi connectivity index (χ0v) is 13.1. The van der Waals surface area contributed by atoms with Crippen LogP contribution in [0.3, 0.4) is 0 Å². The summed E-state index contributed by atoms with van der Waals surface area (Å²) in [6, 6.07) is 16.8. The van der Waals surface area contributed by atoms with Crippen molar-refractivity contribution in [1.29, 1.82) is 0 Å². The lowest BCUT2D eigenvalue weighted by molar-refractivity contribution is 0.236. The van der Waals surface area contributed by atoms with E-state index in [1.165, 1.54) is 0 Å². The number of benzene rings is 2. The van der Waals surface area contributed by atoms with Crippen LogP contribution >= 0.6 is 0 Å². The number of halogens is 1. The van der Waals surface area contributed by atoms with Crippen molar-refractivity contribution in [3.05, 3.63) is 65.7 Å². The number of rotatable bonds is 7. The van der Waals surface area contributed by atoms with E-state index in [1.807, 2.05) is 54.6 Å². The van der Waals surface area contributed by atoms with E-state index in [2.05, 4.69) is 10.6 Å². The van der Waals surface area contributed by atoms with Gasteiger partial charge in [-0.1, -0.05) is 42.5 Å². The number of hydrogen-bond acceptors (Lipinski definition) is 2. The molecule has 0 fully saturated rings. The molecule has 2 N–H and O–H groups in total. The monoisotopic (exact) mass is 316 g/mol. The Morgan fingerprint density at radius 1 is 1.17 bits per heavy atom. The van der Waals surface area contributed by atoms with E-state index in [9.17, 15) is 9.18 Å². The molecule has 0 bridgehead atoms. The Morgan fingerprint density at radius 2 is 1.96 bits per heavy atom.